The maximum atomic E-state index is 12.6. The number of carbonyl (C=O) groups is 1. The van der Waals surface area contributed by atoms with Crippen LogP contribution in [0.4, 0.5) is 5.69 Å². The number of nitriles is 1. The summed E-state index contributed by atoms with van der Waals surface area (Å²) in [6.07, 6.45) is 0. The summed E-state index contributed by atoms with van der Waals surface area (Å²) in [6.45, 7) is 1.53. The Morgan fingerprint density at radius 2 is 1.88 bits per heavy atom. The van der Waals surface area contributed by atoms with E-state index in [-0.39, 0.29) is 15.5 Å². The highest BCUT2D eigenvalue weighted by atomic mass is 35.5. The van der Waals surface area contributed by atoms with Crippen LogP contribution in [-0.4, -0.2) is 32.2 Å². The van der Waals surface area contributed by atoms with E-state index in [2.05, 4.69) is 5.32 Å². The third kappa shape index (κ3) is 4.57. The molecule has 0 aliphatic rings. The molecule has 6 nitrogen and oxygen atoms in total. The van der Waals surface area contributed by atoms with Gasteiger partial charge in [0.05, 0.1) is 12.1 Å². The molecule has 0 heterocycles. The number of amides is 1. The second kappa shape index (κ2) is 7.66. The average Bonchev–Trinajstić information content (AvgIpc) is 2.56. The third-order valence-corrected chi connectivity index (χ3v) is 5.53. The number of carbonyl (C=O) groups excluding carboxylic acids is 1. The van der Waals surface area contributed by atoms with E-state index in [1.807, 2.05) is 25.1 Å². The highest BCUT2D eigenvalue weighted by Gasteiger charge is 2.26. The van der Waals surface area contributed by atoms with Crippen LogP contribution in [0.25, 0.3) is 0 Å². The zero-order valence-electron chi connectivity index (χ0n) is 13.7. The van der Waals surface area contributed by atoms with Gasteiger partial charge in [0.15, 0.2) is 0 Å². The third-order valence-electron chi connectivity index (χ3n) is 3.45. The van der Waals surface area contributed by atoms with Crippen molar-refractivity contribution in [2.45, 2.75) is 11.8 Å². The topological polar surface area (TPSA) is 90.3 Å². The number of halogens is 1. The van der Waals surface area contributed by atoms with Gasteiger partial charge in [0.1, 0.15) is 11.0 Å². The van der Waals surface area contributed by atoms with Gasteiger partial charge in [-0.05, 0) is 37.3 Å². The van der Waals surface area contributed by atoms with Crippen molar-refractivity contribution in [1.29, 1.82) is 5.26 Å². The molecule has 0 fully saturated rings. The summed E-state index contributed by atoms with van der Waals surface area (Å²) < 4.78 is 26.1. The molecule has 1 N–H and O–H groups in total. The largest absolute Gasteiger partial charge is 0.325 e. The lowest BCUT2D eigenvalue weighted by Gasteiger charge is -2.18. The van der Waals surface area contributed by atoms with Crippen LogP contribution < -0.4 is 5.32 Å². The number of benzene rings is 2. The Bertz CT molecular complexity index is 935. The van der Waals surface area contributed by atoms with Crippen LogP contribution in [0.3, 0.4) is 0 Å². The molecule has 2 aromatic rings. The first-order valence-corrected chi connectivity index (χ1v) is 9.08. The summed E-state index contributed by atoms with van der Waals surface area (Å²) in [4.78, 5) is 11.9. The molecular formula is C17H16ClN3O3S. The summed E-state index contributed by atoms with van der Waals surface area (Å²) in [5.74, 6) is -0.490. The van der Waals surface area contributed by atoms with Crippen molar-refractivity contribution >= 4 is 33.2 Å². The molecule has 0 saturated heterocycles. The molecule has 0 unspecified atom stereocenters. The fraction of sp³-hybridized carbons (Fsp3) is 0.176. The average molecular weight is 378 g/mol. The van der Waals surface area contributed by atoms with Gasteiger partial charge < -0.3 is 5.32 Å². The van der Waals surface area contributed by atoms with Gasteiger partial charge in [-0.15, -0.1) is 0 Å². The van der Waals surface area contributed by atoms with Crippen LogP contribution in [0.1, 0.15) is 11.1 Å². The highest BCUT2D eigenvalue weighted by molar-refractivity contribution is 7.89. The van der Waals surface area contributed by atoms with Crippen molar-refractivity contribution in [3.05, 3.63) is 58.6 Å². The van der Waals surface area contributed by atoms with Crippen molar-refractivity contribution in [3.63, 3.8) is 0 Å². The molecular weight excluding hydrogens is 362 g/mol. The van der Waals surface area contributed by atoms with Crippen molar-refractivity contribution in [1.82, 2.24) is 4.31 Å². The Kier molecular flexibility index (Phi) is 5.80. The molecule has 130 valence electrons. The van der Waals surface area contributed by atoms with Crippen molar-refractivity contribution in [2.24, 2.45) is 0 Å². The number of anilines is 1. The minimum absolute atomic E-state index is 0.0322. The van der Waals surface area contributed by atoms with Crippen LogP contribution in [0, 0.1) is 18.3 Å². The molecule has 0 aliphatic heterocycles. The van der Waals surface area contributed by atoms with Gasteiger partial charge in [-0.3, -0.25) is 4.79 Å². The van der Waals surface area contributed by atoms with Gasteiger partial charge in [0.25, 0.3) is 0 Å². The molecule has 0 aliphatic carbocycles. The van der Waals surface area contributed by atoms with Crippen LogP contribution >= 0.6 is 11.6 Å². The number of nitrogens with zero attached hydrogens (tertiary/aromatic N) is 2. The number of nitrogens with one attached hydrogen (secondary N) is 1. The number of aryl methyl sites for hydroxylation is 1. The molecule has 0 bridgehead atoms. The first-order valence-electron chi connectivity index (χ1n) is 7.26. The fourth-order valence-corrected chi connectivity index (χ4v) is 3.62. The van der Waals surface area contributed by atoms with E-state index in [0.717, 1.165) is 9.87 Å². The Morgan fingerprint density at radius 1 is 1.24 bits per heavy atom. The molecule has 0 spiro atoms. The van der Waals surface area contributed by atoms with Crippen molar-refractivity contribution in [3.8, 4) is 6.07 Å². The summed E-state index contributed by atoms with van der Waals surface area (Å²) >= 11 is 5.84. The van der Waals surface area contributed by atoms with Crippen molar-refractivity contribution in [2.75, 3.05) is 18.9 Å². The minimum Gasteiger partial charge on any atom is -0.325 e. The van der Waals surface area contributed by atoms with Crippen molar-refractivity contribution < 1.29 is 13.2 Å². The zero-order valence-corrected chi connectivity index (χ0v) is 15.2. The zero-order chi connectivity index (χ0) is 18.6. The van der Waals surface area contributed by atoms with Crippen LogP contribution in [0.15, 0.2) is 47.4 Å². The second-order valence-electron chi connectivity index (χ2n) is 5.43. The Balaban J connectivity index is 2.17. The molecule has 2 rings (SSSR count). The predicted molar refractivity (Wildman–Crippen MR) is 95.8 cm³/mol. The monoisotopic (exact) mass is 377 g/mol. The smallest absolute Gasteiger partial charge is 0.244 e. The Hall–Kier alpha value is -2.40. The van der Waals surface area contributed by atoms with Gasteiger partial charge in [0, 0.05) is 17.8 Å². The van der Waals surface area contributed by atoms with Crippen LogP contribution in [0.5, 0.6) is 0 Å². The van der Waals surface area contributed by atoms with E-state index in [1.54, 1.807) is 12.1 Å². The molecule has 0 saturated carbocycles. The van der Waals surface area contributed by atoms with E-state index in [0.29, 0.717) is 5.69 Å². The Morgan fingerprint density at radius 3 is 2.48 bits per heavy atom. The molecule has 0 radical (unpaired) electrons. The van der Waals surface area contributed by atoms with Gasteiger partial charge in [0.2, 0.25) is 15.9 Å². The second-order valence-corrected chi connectivity index (χ2v) is 7.88. The van der Waals surface area contributed by atoms with Gasteiger partial charge >= 0.3 is 0 Å². The molecule has 25 heavy (non-hydrogen) atoms. The number of rotatable bonds is 5. The first kappa shape index (κ1) is 18.9. The maximum Gasteiger partial charge on any atom is 0.244 e. The summed E-state index contributed by atoms with van der Waals surface area (Å²) in [5, 5.41) is 11.9. The number of hydrogen-bond donors (Lipinski definition) is 1. The number of likely N-dealkylation sites (N-methyl/N-ethyl adjacent to an activating group) is 1. The van der Waals surface area contributed by atoms with E-state index in [9.17, 15) is 13.2 Å². The van der Waals surface area contributed by atoms with E-state index < -0.39 is 22.5 Å². The molecule has 8 heteroatoms. The van der Waals surface area contributed by atoms with E-state index in [4.69, 9.17) is 16.9 Å². The summed E-state index contributed by atoms with van der Waals surface area (Å²) in [5.41, 5.74) is 1.58. The summed E-state index contributed by atoms with van der Waals surface area (Å²) in [6, 6.07) is 12.9. The van der Waals surface area contributed by atoms with Gasteiger partial charge in [-0.25, -0.2) is 8.42 Å². The number of sulfonamides is 1. The number of hydrogen-bond acceptors (Lipinski definition) is 4. The fourth-order valence-electron chi connectivity index (χ4n) is 2.09. The lowest BCUT2D eigenvalue weighted by Crippen LogP contribution is -2.35. The normalized spacial score (nSPS) is 11.2. The van der Waals surface area contributed by atoms with Crippen LogP contribution in [-0.2, 0) is 14.8 Å². The highest BCUT2D eigenvalue weighted by Crippen LogP contribution is 2.23. The van der Waals surface area contributed by atoms with Gasteiger partial charge in [-0.2, -0.15) is 9.57 Å². The molecule has 1 amide bonds. The van der Waals surface area contributed by atoms with Crippen LogP contribution in [0.2, 0.25) is 5.02 Å². The lowest BCUT2D eigenvalue weighted by molar-refractivity contribution is -0.116. The molecule has 0 aromatic heterocycles. The lowest BCUT2D eigenvalue weighted by atomic mass is 10.2. The molecule has 0 atom stereocenters. The van der Waals surface area contributed by atoms with E-state index in [1.165, 1.54) is 25.2 Å². The predicted octanol–water partition coefficient (Wildman–Crippen LogP) is 2.78. The summed E-state index contributed by atoms with van der Waals surface area (Å²) in [7, 11) is -2.76. The maximum absolute atomic E-state index is 12.6. The minimum atomic E-state index is -4.03. The SMILES string of the molecule is Cc1ccc(NC(=O)CN(C)S(=O)(=O)c2cc(Cl)ccc2C#N)cc1. The standard InChI is InChI=1S/C17H16ClN3O3S/c1-12-3-7-15(8-4-12)20-17(22)11-21(2)25(23,24)16-9-14(18)6-5-13(16)10-19/h3-9H,11H2,1-2H3,(H,20,22). The van der Waals surface area contributed by atoms with E-state index >= 15 is 0 Å². The first-order chi connectivity index (χ1) is 11.7. The van der Waals surface area contributed by atoms with Gasteiger partial charge in [-0.1, -0.05) is 29.3 Å². The molecule has 2 aromatic carbocycles. The Labute approximate surface area is 151 Å². The quantitative estimate of drug-likeness (QED) is 0.867.